The number of carbonyl (C=O) groups excluding carboxylic acids is 1. The molecule has 37 heavy (non-hydrogen) atoms. The first-order valence-corrected chi connectivity index (χ1v) is 13.3. The highest BCUT2D eigenvalue weighted by molar-refractivity contribution is 6.05. The number of hydrogen-bond donors (Lipinski definition) is 1. The highest BCUT2D eigenvalue weighted by Gasteiger charge is 2.21. The van der Waals surface area contributed by atoms with Gasteiger partial charge in [-0.25, -0.2) is 4.98 Å². The van der Waals surface area contributed by atoms with Gasteiger partial charge in [0.15, 0.2) is 0 Å². The molecule has 1 amide bonds. The molecule has 0 aliphatic carbocycles. The highest BCUT2D eigenvalue weighted by atomic mass is 16.5. The number of piperidine rings is 1. The van der Waals surface area contributed by atoms with Crippen molar-refractivity contribution < 1.29 is 9.53 Å². The Labute approximate surface area is 219 Å². The third-order valence-corrected chi connectivity index (χ3v) is 7.55. The SMILES string of the molecule is COCCN(C)C(=O)c1cn(Cc2cncn2CCC2CCNCC2)cc1-c1cccc2ccccc12. The number of hydrogen-bond acceptors (Lipinski definition) is 4. The predicted octanol–water partition coefficient (Wildman–Crippen LogP) is 4.66. The molecule has 1 aliphatic rings. The van der Waals surface area contributed by atoms with Gasteiger partial charge in [0.05, 0.1) is 30.7 Å². The van der Waals surface area contributed by atoms with Crippen LogP contribution in [0, 0.1) is 5.92 Å². The minimum Gasteiger partial charge on any atom is -0.383 e. The van der Waals surface area contributed by atoms with Crippen LogP contribution in [0.4, 0.5) is 0 Å². The van der Waals surface area contributed by atoms with Crippen molar-refractivity contribution in [3.05, 3.63) is 78.6 Å². The lowest BCUT2D eigenvalue weighted by atomic mass is 9.95. The molecular weight excluding hydrogens is 462 g/mol. The lowest BCUT2D eigenvalue weighted by Gasteiger charge is -2.23. The van der Waals surface area contributed by atoms with Crippen LogP contribution in [0.2, 0.25) is 0 Å². The maximum Gasteiger partial charge on any atom is 0.255 e. The van der Waals surface area contributed by atoms with Gasteiger partial charge in [0, 0.05) is 51.4 Å². The van der Waals surface area contributed by atoms with Gasteiger partial charge in [-0.1, -0.05) is 42.5 Å². The van der Waals surface area contributed by atoms with Gasteiger partial charge in [-0.3, -0.25) is 4.79 Å². The number of carbonyl (C=O) groups is 1. The molecule has 0 saturated carbocycles. The van der Waals surface area contributed by atoms with Crippen molar-refractivity contribution in [3.8, 4) is 11.1 Å². The zero-order valence-corrected chi connectivity index (χ0v) is 21.9. The van der Waals surface area contributed by atoms with E-state index in [1.165, 1.54) is 19.3 Å². The Balaban J connectivity index is 1.45. The molecule has 1 N–H and O–H groups in total. The van der Waals surface area contributed by atoms with E-state index in [0.29, 0.717) is 25.3 Å². The van der Waals surface area contributed by atoms with Crippen LogP contribution in [0.1, 0.15) is 35.3 Å². The molecule has 5 rings (SSSR count). The summed E-state index contributed by atoms with van der Waals surface area (Å²) in [4.78, 5) is 19.8. The third-order valence-electron chi connectivity index (χ3n) is 7.55. The van der Waals surface area contributed by atoms with Crippen LogP contribution >= 0.6 is 0 Å². The summed E-state index contributed by atoms with van der Waals surface area (Å²) in [7, 11) is 3.49. The Morgan fingerprint density at radius 1 is 1.11 bits per heavy atom. The normalized spacial score (nSPS) is 14.3. The quantitative estimate of drug-likeness (QED) is 0.345. The molecule has 0 atom stereocenters. The summed E-state index contributed by atoms with van der Waals surface area (Å²) < 4.78 is 9.62. The number of amides is 1. The van der Waals surface area contributed by atoms with E-state index in [4.69, 9.17) is 4.74 Å². The molecule has 2 aromatic carbocycles. The number of fused-ring (bicyclic) bond motifs is 1. The number of ether oxygens (including phenoxy) is 1. The number of nitrogens with zero attached hydrogens (tertiary/aromatic N) is 4. The zero-order chi connectivity index (χ0) is 25.6. The minimum atomic E-state index is -0.00171. The van der Waals surface area contributed by atoms with Crippen molar-refractivity contribution in [1.82, 2.24) is 24.3 Å². The van der Waals surface area contributed by atoms with Gasteiger partial charge >= 0.3 is 0 Å². The number of benzene rings is 2. The number of aromatic nitrogens is 3. The van der Waals surface area contributed by atoms with Crippen LogP contribution in [0.5, 0.6) is 0 Å². The molecule has 3 heterocycles. The number of nitrogens with one attached hydrogen (secondary N) is 1. The molecule has 4 aromatic rings. The van der Waals surface area contributed by atoms with Crippen molar-refractivity contribution in [1.29, 1.82) is 0 Å². The van der Waals surface area contributed by atoms with E-state index in [1.807, 2.05) is 31.8 Å². The van der Waals surface area contributed by atoms with Crippen molar-refractivity contribution in [2.45, 2.75) is 32.4 Å². The molecule has 0 radical (unpaired) electrons. The lowest BCUT2D eigenvalue weighted by Crippen LogP contribution is -2.30. The van der Waals surface area contributed by atoms with Crippen LogP contribution in [-0.2, 0) is 17.8 Å². The Bertz CT molecular complexity index is 1330. The highest BCUT2D eigenvalue weighted by Crippen LogP contribution is 2.32. The Hall–Kier alpha value is -3.42. The molecule has 0 bridgehead atoms. The summed E-state index contributed by atoms with van der Waals surface area (Å²) >= 11 is 0. The van der Waals surface area contributed by atoms with Crippen molar-refractivity contribution in [2.24, 2.45) is 5.92 Å². The first-order valence-electron chi connectivity index (χ1n) is 13.3. The van der Waals surface area contributed by atoms with E-state index in [2.05, 4.69) is 62.0 Å². The molecule has 7 heteroatoms. The average molecular weight is 500 g/mol. The van der Waals surface area contributed by atoms with Gasteiger partial charge in [0.2, 0.25) is 0 Å². The number of methoxy groups -OCH3 is 1. The number of aryl methyl sites for hydroxylation is 1. The molecule has 7 nitrogen and oxygen atoms in total. The van der Waals surface area contributed by atoms with Crippen molar-refractivity contribution >= 4 is 16.7 Å². The number of likely N-dealkylation sites (N-methyl/N-ethyl adjacent to an activating group) is 1. The van der Waals surface area contributed by atoms with Gasteiger partial charge in [0.25, 0.3) is 5.91 Å². The number of rotatable bonds is 10. The third kappa shape index (κ3) is 5.78. The molecule has 2 aromatic heterocycles. The van der Waals surface area contributed by atoms with Crippen molar-refractivity contribution in [2.75, 3.05) is 40.4 Å². The van der Waals surface area contributed by atoms with E-state index < -0.39 is 0 Å². The molecular formula is C30H37N5O2. The molecule has 194 valence electrons. The lowest BCUT2D eigenvalue weighted by molar-refractivity contribution is 0.0745. The van der Waals surface area contributed by atoms with Crippen LogP contribution in [0.15, 0.2) is 67.4 Å². The second kappa shape index (κ2) is 11.8. The maximum absolute atomic E-state index is 13.6. The smallest absolute Gasteiger partial charge is 0.255 e. The topological polar surface area (TPSA) is 64.3 Å². The maximum atomic E-state index is 13.6. The second-order valence-corrected chi connectivity index (χ2v) is 10.1. The van der Waals surface area contributed by atoms with E-state index in [-0.39, 0.29) is 5.91 Å². The Morgan fingerprint density at radius 2 is 1.92 bits per heavy atom. The molecule has 0 unspecified atom stereocenters. The van der Waals surface area contributed by atoms with Gasteiger partial charge in [-0.05, 0) is 54.6 Å². The minimum absolute atomic E-state index is 0.00171. The van der Waals surface area contributed by atoms with Crippen LogP contribution in [-0.4, -0.2) is 65.3 Å². The zero-order valence-electron chi connectivity index (χ0n) is 21.9. The van der Waals surface area contributed by atoms with E-state index in [0.717, 1.165) is 53.1 Å². The molecule has 1 fully saturated rings. The van der Waals surface area contributed by atoms with Crippen LogP contribution in [0.25, 0.3) is 21.9 Å². The van der Waals surface area contributed by atoms with Gasteiger partial charge < -0.3 is 24.1 Å². The predicted molar refractivity (Wildman–Crippen MR) is 148 cm³/mol. The summed E-state index contributed by atoms with van der Waals surface area (Å²) in [5.74, 6) is 0.769. The molecule has 1 saturated heterocycles. The van der Waals surface area contributed by atoms with Gasteiger partial charge in [-0.2, -0.15) is 0 Å². The fourth-order valence-electron chi connectivity index (χ4n) is 5.34. The summed E-state index contributed by atoms with van der Waals surface area (Å²) in [6.45, 7) is 4.93. The monoisotopic (exact) mass is 499 g/mol. The summed E-state index contributed by atoms with van der Waals surface area (Å²) in [6, 6.07) is 14.6. The number of imidazole rings is 1. The fourth-order valence-corrected chi connectivity index (χ4v) is 5.34. The first kappa shape index (κ1) is 25.2. The summed E-state index contributed by atoms with van der Waals surface area (Å²) in [6.07, 6.45) is 11.7. The van der Waals surface area contributed by atoms with E-state index in [1.54, 1.807) is 12.0 Å². The second-order valence-electron chi connectivity index (χ2n) is 10.1. The van der Waals surface area contributed by atoms with Crippen LogP contribution < -0.4 is 5.32 Å². The first-order chi connectivity index (χ1) is 18.1. The van der Waals surface area contributed by atoms with Crippen LogP contribution in [0.3, 0.4) is 0 Å². The molecule has 0 spiro atoms. The van der Waals surface area contributed by atoms with Gasteiger partial charge in [-0.15, -0.1) is 0 Å². The summed E-state index contributed by atoms with van der Waals surface area (Å²) in [5.41, 5.74) is 3.88. The largest absolute Gasteiger partial charge is 0.383 e. The average Bonchev–Trinajstić information content (AvgIpc) is 3.57. The van der Waals surface area contributed by atoms with E-state index in [9.17, 15) is 4.79 Å². The fraction of sp³-hybridized carbons (Fsp3) is 0.400. The van der Waals surface area contributed by atoms with Crippen molar-refractivity contribution in [3.63, 3.8) is 0 Å². The van der Waals surface area contributed by atoms with E-state index >= 15 is 0 Å². The molecule has 1 aliphatic heterocycles. The summed E-state index contributed by atoms with van der Waals surface area (Å²) in [5, 5.41) is 5.76. The standard InChI is InChI=1S/C30H37N5O2/c1-33(16-17-37-2)30(36)29-21-34(20-28(29)27-9-5-7-24-6-3-4-8-26(24)27)19-25-18-32-22-35(25)15-12-23-10-13-31-14-11-23/h3-9,18,20-23,31H,10-17,19H2,1-2H3. The Kier molecular flexibility index (Phi) is 8.02. The van der Waals surface area contributed by atoms with Gasteiger partial charge in [0.1, 0.15) is 0 Å². The Morgan fingerprint density at radius 3 is 2.76 bits per heavy atom.